The number of hydrogen-bond acceptors (Lipinski definition) is 3. The number of pyridine rings is 1. The van der Waals surface area contributed by atoms with E-state index in [1.54, 1.807) is 18.2 Å². The zero-order valence-corrected chi connectivity index (χ0v) is 11.7. The molecule has 0 spiro atoms. The average molecular weight is 275 g/mol. The van der Waals surface area contributed by atoms with Gasteiger partial charge in [0.05, 0.1) is 5.75 Å². The van der Waals surface area contributed by atoms with E-state index in [1.165, 1.54) is 6.20 Å². The van der Waals surface area contributed by atoms with Crippen LogP contribution in [0.3, 0.4) is 0 Å². The third-order valence-electron chi connectivity index (χ3n) is 3.14. The van der Waals surface area contributed by atoms with Gasteiger partial charge in [0, 0.05) is 6.20 Å². The molecule has 0 amide bonds. The molecular weight excluding hydrogens is 258 g/mol. The first kappa shape index (κ1) is 13.7. The molecule has 2 rings (SSSR count). The van der Waals surface area contributed by atoms with Crippen LogP contribution in [0.25, 0.3) is 0 Å². The molecule has 1 aromatic heterocycles. The van der Waals surface area contributed by atoms with E-state index in [0.29, 0.717) is 0 Å². The molecule has 19 heavy (non-hydrogen) atoms. The summed E-state index contributed by atoms with van der Waals surface area (Å²) in [6.45, 7) is 2.01. The Labute approximate surface area is 114 Å². The van der Waals surface area contributed by atoms with E-state index in [1.807, 2.05) is 37.3 Å². The van der Waals surface area contributed by atoms with Gasteiger partial charge in [0.2, 0.25) is 0 Å². The summed E-state index contributed by atoms with van der Waals surface area (Å²) in [4.78, 5) is 3.94. The molecule has 0 aliphatic carbocycles. The quantitative estimate of drug-likeness (QED) is 0.842. The van der Waals surface area contributed by atoms with Crippen molar-refractivity contribution in [3.8, 4) is 0 Å². The van der Waals surface area contributed by atoms with E-state index in [2.05, 4.69) is 4.98 Å². The lowest BCUT2D eigenvalue weighted by molar-refractivity contribution is 0.581. The van der Waals surface area contributed by atoms with Gasteiger partial charge in [-0.05, 0) is 30.0 Å². The summed E-state index contributed by atoms with van der Waals surface area (Å²) in [5.41, 5.74) is 1.06. The Balaban J connectivity index is 2.24. The molecule has 0 unspecified atom stereocenters. The van der Waals surface area contributed by atoms with E-state index in [4.69, 9.17) is 0 Å². The second-order valence-electron chi connectivity index (χ2n) is 4.47. The molecule has 0 N–H and O–H groups in total. The van der Waals surface area contributed by atoms with Gasteiger partial charge in [-0.25, -0.2) is 13.4 Å². The molecule has 1 heterocycles. The van der Waals surface area contributed by atoms with Crippen LogP contribution in [0.2, 0.25) is 0 Å². The fraction of sp³-hybridized carbons (Fsp3) is 0.267. The second-order valence-corrected chi connectivity index (χ2v) is 6.45. The third-order valence-corrected chi connectivity index (χ3v) is 4.86. The molecule has 2 aromatic rings. The molecule has 0 saturated heterocycles. The van der Waals surface area contributed by atoms with E-state index >= 15 is 0 Å². The molecule has 0 bridgehead atoms. The lowest BCUT2D eigenvalue weighted by Gasteiger charge is -2.15. The maximum Gasteiger partial charge on any atom is 0.196 e. The van der Waals surface area contributed by atoms with E-state index in [-0.39, 0.29) is 16.7 Å². The predicted octanol–water partition coefficient (Wildman–Crippen LogP) is 3.05. The first-order chi connectivity index (χ1) is 9.13. The summed E-state index contributed by atoms with van der Waals surface area (Å²) >= 11 is 0. The molecule has 100 valence electrons. The van der Waals surface area contributed by atoms with Crippen molar-refractivity contribution in [2.75, 3.05) is 5.75 Å². The van der Waals surface area contributed by atoms with Gasteiger partial charge in [0.25, 0.3) is 0 Å². The van der Waals surface area contributed by atoms with Crippen molar-refractivity contribution < 1.29 is 8.42 Å². The zero-order valence-electron chi connectivity index (χ0n) is 10.9. The van der Waals surface area contributed by atoms with E-state index < -0.39 is 9.84 Å². The highest BCUT2D eigenvalue weighted by Crippen LogP contribution is 2.23. The van der Waals surface area contributed by atoms with Crippen molar-refractivity contribution in [1.82, 2.24) is 4.98 Å². The fourth-order valence-electron chi connectivity index (χ4n) is 2.06. The molecule has 0 fully saturated rings. The largest absolute Gasteiger partial charge is 0.245 e. The molecule has 1 atom stereocenters. The number of hydrogen-bond donors (Lipinski definition) is 0. The second kappa shape index (κ2) is 5.97. The Morgan fingerprint density at radius 1 is 1.05 bits per heavy atom. The highest BCUT2D eigenvalue weighted by molar-refractivity contribution is 7.91. The summed E-state index contributed by atoms with van der Waals surface area (Å²) < 4.78 is 24.6. The Bertz CT molecular complexity index is 609. The molecule has 1 aromatic carbocycles. The topological polar surface area (TPSA) is 47.0 Å². The minimum absolute atomic E-state index is 0.00760. The first-order valence-electron chi connectivity index (χ1n) is 6.32. The smallest absolute Gasteiger partial charge is 0.196 e. The molecule has 0 aliphatic heterocycles. The summed E-state index contributed by atoms with van der Waals surface area (Å²) in [6, 6.07) is 14.7. The number of benzene rings is 1. The van der Waals surface area contributed by atoms with Crippen LogP contribution in [0.4, 0.5) is 0 Å². The van der Waals surface area contributed by atoms with Crippen molar-refractivity contribution in [1.29, 1.82) is 0 Å². The van der Waals surface area contributed by atoms with Crippen molar-refractivity contribution in [3.63, 3.8) is 0 Å². The van der Waals surface area contributed by atoms with Crippen molar-refractivity contribution in [2.45, 2.75) is 24.3 Å². The minimum Gasteiger partial charge on any atom is -0.245 e. The molecular formula is C15H17NO2S. The van der Waals surface area contributed by atoms with Gasteiger partial charge in [-0.2, -0.15) is 0 Å². The zero-order chi connectivity index (χ0) is 13.7. The lowest BCUT2D eigenvalue weighted by Crippen LogP contribution is -2.15. The van der Waals surface area contributed by atoms with Gasteiger partial charge in [0.15, 0.2) is 14.9 Å². The fourth-order valence-corrected chi connectivity index (χ4v) is 3.69. The summed E-state index contributed by atoms with van der Waals surface area (Å²) in [7, 11) is -3.33. The van der Waals surface area contributed by atoms with Gasteiger partial charge in [0.1, 0.15) is 0 Å². The summed E-state index contributed by atoms with van der Waals surface area (Å²) in [6.07, 6.45) is 2.30. The Morgan fingerprint density at radius 3 is 2.32 bits per heavy atom. The molecule has 0 radical (unpaired) electrons. The van der Waals surface area contributed by atoms with Gasteiger partial charge in [-0.1, -0.05) is 43.3 Å². The van der Waals surface area contributed by atoms with Crippen LogP contribution in [0.15, 0.2) is 59.8 Å². The standard InChI is InChI=1S/C15H17NO2S/c1-2-13(14-8-4-3-5-9-14)12-19(17,18)15-10-6-7-11-16-15/h3-11,13H,2,12H2,1H3/t13-/m1/s1. The number of sulfone groups is 1. The van der Waals surface area contributed by atoms with Crippen LogP contribution < -0.4 is 0 Å². The van der Waals surface area contributed by atoms with Crippen molar-refractivity contribution >= 4 is 9.84 Å². The Morgan fingerprint density at radius 2 is 1.74 bits per heavy atom. The SMILES string of the molecule is CC[C@H](CS(=O)(=O)c1ccccn1)c1ccccc1. The van der Waals surface area contributed by atoms with Crippen LogP contribution in [0, 0.1) is 0 Å². The molecule has 4 heteroatoms. The molecule has 0 saturated carbocycles. The normalized spacial score (nSPS) is 13.1. The monoisotopic (exact) mass is 275 g/mol. The third kappa shape index (κ3) is 3.41. The average Bonchev–Trinajstić information content (AvgIpc) is 2.47. The van der Waals surface area contributed by atoms with Crippen LogP contribution >= 0.6 is 0 Å². The first-order valence-corrected chi connectivity index (χ1v) is 7.97. The van der Waals surface area contributed by atoms with E-state index in [0.717, 1.165) is 12.0 Å². The van der Waals surface area contributed by atoms with Crippen molar-refractivity contribution in [2.24, 2.45) is 0 Å². The van der Waals surface area contributed by atoms with Crippen LogP contribution in [0.1, 0.15) is 24.8 Å². The number of aromatic nitrogens is 1. The molecule has 0 aliphatic rings. The summed E-state index contributed by atoms with van der Waals surface area (Å²) in [5, 5.41) is 0.157. The highest BCUT2D eigenvalue weighted by atomic mass is 32.2. The van der Waals surface area contributed by atoms with Gasteiger partial charge in [-0.15, -0.1) is 0 Å². The highest BCUT2D eigenvalue weighted by Gasteiger charge is 2.22. The molecule has 3 nitrogen and oxygen atoms in total. The van der Waals surface area contributed by atoms with Crippen LogP contribution in [-0.2, 0) is 9.84 Å². The minimum atomic E-state index is -3.33. The summed E-state index contributed by atoms with van der Waals surface area (Å²) in [5.74, 6) is 0.109. The maximum atomic E-state index is 12.3. The Hall–Kier alpha value is -1.68. The number of nitrogens with zero attached hydrogens (tertiary/aromatic N) is 1. The van der Waals surface area contributed by atoms with Crippen molar-refractivity contribution in [3.05, 3.63) is 60.3 Å². The van der Waals surface area contributed by atoms with Gasteiger partial charge < -0.3 is 0 Å². The van der Waals surface area contributed by atoms with Gasteiger partial charge in [-0.3, -0.25) is 0 Å². The Kier molecular flexibility index (Phi) is 4.32. The predicted molar refractivity (Wildman–Crippen MR) is 75.8 cm³/mol. The lowest BCUT2D eigenvalue weighted by atomic mass is 9.99. The van der Waals surface area contributed by atoms with Crippen LogP contribution in [-0.4, -0.2) is 19.2 Å². The number of rotatable bonds is 5. The van der Waals surface area contributed by atoms with E-state index in [9.17, 15) is 8.42 Å². The maximum absolute atomic E-state index is 12.3. The van der Waals surface area contributed by atoms with Crippen LogP contribution in [0.5, 0.6) is 0 Å². The van der Waals surface area contributed by atoms with Gasteiger partial charge >= 0.3 is 0 Å².